The summed E-state index contributed by atoms with van der Waals surface area (Å²) in [6, 6.07) is 4.95. The maximum absolute atomic E-state index is 12.1. The van der Waals surface area contributed by atoms with Gasteiger partial charge in [-0.25, -0.2) is 4.98 Å². The van der Waals surface area contributed by atoms with E-state index in [1.807, 2.05) is 6.92 Å². The van der Waals surface area contributed by atoms with Crippen molar-refractivity contribution in [3.05, 3.63) is 47.0 Å². The highest BCUT2D eigenvalue weighted by Crippen LogP contribution is 2.11. The Bertz CT molecular complexity index is 504. The summed E-state index contributed by atoms with van der Waals surface area (Å²) >= 11 is 5.66. The lowest BCUT2D eigenvalue weighted by Crippen LogP contribution is -2.10. The Labute approximate surface area is 97.9 Å². The number of hydrogen-bond donors (Lipinski definition) is 0. The van der Waals surface area contributed by atoms with Crippen molar-refractivity contribution in [2.45, 2.75) is 13.5 Å². The van der Waals surface area contributed by atoms with Gasteiger partial charge in [-0.1, -0.05) is 11.6 Å². The Kier molecular flexibility index (Phi) is 3.01. The van der Waals surface area contributed by atoms with E-state index in [0.717, 1.165) is 0 Å². The molecule has 2 aromatic heterocycles. The summed E-state index contributed by atoms with van der Waals surface area (Å²) in [6.07, 6.45) is 3.08. The van der Waals surface area contributed by atoms with Crippen LogP contribution in [0.5, 0.6) is 0 Å². The van der Waals surface area contributed by atoms with Crippen LogP contribution < -0.4 is 0 Å². The maximum atomic E-state index is 12.1. The average Bonchev–Trinajstić information content (AvgIpc) is 2.77. The number of aromatic nitrogens is 3. The third-order valence-electron chi connectivity index (χ3n) is 2.24. The molecule has 0 fully saturated rings. The molecule has 0 spiro atoms. The number of rotatable bonds is 3. The Hall–Kier alpha value is -1.68. The SMILES string of the molecule is CCn1nccc1C(=O)c1ccc(Cl)nc1. The maximum Gasteiger partial charge on any atom is 0.212 e. The molecule has 0 amide bonds. The number of nitrogens with zero attached hydrogens (tertiary/aromatic N) is 3. The molecule has 0 bridgehead atoms. The van der Waals surface area contributed by atoms with Crippen LogP contribution in [-0.4, -0.2) is 20.5 Å². The lowest BCUT2D eigenvalue weighted by atomic mass is 10.1. The highest BCUT2D eigenvalue weighted by atomic mass is 35.5. The van der Waals surface area contributed by atoms with Crippen molar-refractivity contribution in [1.29, 1.82) is 0 Å². The van der Waals surface area contributed by atoms with Crippen LogP contribution >= 0.6 is 11.6 Å². The van der Waals surface area contributed by atoms with E-state index in [2.05, 4.69) is 10.1 Å². The van der Waals surface area contributed by atoms with Gasteiger partial charge in [0.05, 0.1) is 0 Å². The second-order valence-corrected chi connectivity index (χ2v) is 3.62. The number of pyridine rings is 1. The summed E-state index contributed by atoms with van der Waals surface area (Å²) in [7, 11) is 0. The number of carbonyl (C=O) groups excluding carboxylic acids is 1. The summed E-state index contributed by atoms with van der Waals surface area (Å²) in [6.45, 7) is 2.60. The number of halogens is 1. The van der Waals surface area contributed by atoms with E-state index in [4.69, 9.17) is 11.6 Å². The molecule has 5 heteroatoms. The minimum absolute atomic E-state index is 0.0940. The van der Waals surface area contributed by atoms with E-state index in [9.17, 15) is 4.79 Å². The largest absolute Gasteiger partial charge is 0.287 e. The quantitative estimate of drug-likeness (QED) is 0.605. The first-order chi connectivity index (χ1) is 7.72. The summed E-state index contributed by atoms with van der Waals surface area (Å²) in [5.41, 5.74) is 1.08. The molecule has 0 aliphatic carbocycles. The number of aryl methyl sites for hydroxylation is 1. The third kappa shape index (κ3) is 1.97. The summed E-state index contributed by atoms with van der Waals surface area (Å²) < 4.78 is 1.65. The molecule has 4 nitrogen and oxygen atoms in total. The van der Waals surface area contributed by atoms with Gasteiger partial charge in [0.2, 0.25) is 5.78 Å². The van der Waals surface area contributed by atoms with Gasteiger partial charge in [0.1, 0.15) is 10.8 Å². The second kappa shape index (κ2) is 4.45. The highest BCUT2D eigenvalue weighted by molar-refractivity contribution is 6.29. The van der Waals surface area contributed by atoms with E-state index in [-0.39, 0.29) is 5.78 Å². The molecule has 0 N–H and O–H groups in total. The molecule has 0 atom stereocenters. The van der Waals surface area contributed by atoms with Crippen LogP contribution in [0.25, 0.3) is 0 Å². The van der Waals surface area contributed by atoms with Crippen LogP contribution in [0.1, 0.15) is 23.0 Å². The molecule has 0 aromatic carbocycles. The van der Waals surface area contributed by atoms with E-state index in [1.54, 1.807) is 29.1 Å². The number of hydrogen-bond acceptors (Lipinski definition) is 3. The lowest BCUT2D eigenvalue weighted by molar-refractivity contribution is 0.102. The number of ketones is 1. The standard InChI is InChI=1S/C11H10ClN3O/c1-2-15-9(5-6-14-15)11(16)8-3-4-10(12)13-7-8/h3-7H,2H2,1H3. The predicted molar refractivity (Wildman–Crippen MR) is 60.6 cm³/mol. The second-order valence-electron chi connectivity index (χ2n) is 3.23. The van der Waals surface area contributed by atoms with E-state index in [0.29, 0.717) is 23.0 Å². The third-order valence-corrected chi connectivity index (χ3v) is 2.46. The average molecular weight is 236 g/mol. The monoisotopic (exact) mass is 235 g/mol. The molecule has 2 rings (SSSR count). The smallest absolute Gasteiger partial charge is 0.212 e. The molecule has 0 aliphatic heterocycles. The first-order valence-electron chi connectivity index (χ1n) is 4.90. The van der Waals surface area contributed by atoms with Gasteiger partial charge in [-0.05, 0) is 25.1 Å². The Morgan fingerprint density at radius 3 is 2.88 bits per heavy atom. The molecular formula is C11H10ClN3O. The van der Waals surface area contributed by atoms with Gasteiger partial charge in [0.25, 0.3) is 0 Å². The van der Waals surface area contributed by atoms with E-state index >= 15 is 0 Å². The normalized spacial score (nSPS) is 10.4. The van der Waals surface area contributed by atoms with Crippen LogP contribution in [0, 0.1) is 0 Å². The fourth-order valence-electron chi connectivity index (χ4n) is 1.44. The van der Waals surface area contributed by atoms with E-state index < -0.39 is 0 Å². The Morgan fingerprint density at radius 2 is 2.25 bits per heavy atom. The van der Waals surface area contributed by atoms with Crippen molar-refractivity contribution in [3.63, 3.8) is 0 Å². The van der Waals surface area contributed by atoms with Crippen LogP contribution in [0.4, 0.5) is 0 Å². The van der Waals surface area contributed by atoms with Crippen LogP contribution in [0.2, 0.25) is 5.15 Å². The fraction of sp³-hybridized carbons (Fsp3) is 0.182. The molecule has 0 saturated heterocycles. The van der Waals surface area contributed by atoms with Gasteiger partial charge >= 0.3 is 0 Å². The first kappa shape index (κ1) is 10.8. The van der Waals surface area contributed by atoms with Crippen LogP contribution in [0.15, 0.2) is 30.6 Å². The summed E-state index contributed by atoms with van der Waals surface area (Å²) in [5.74, 6) is -0.0940. The van der Waals surface area contributed by atoms with Crippen molar-refractivity contribution in [2.75, 3.05) is 0 Å². The molecule has 2 heterocycles. The molecule has 0 radical (unpaired) electrons. The van der Waals surface area contributed by atoms with Gasteiger partial charge in [0, 0.05) is 24.5 Å². The zero-order valence-corrected chi connectivity index (χ0v) is 9.48. The molecule has 82 valence electrons. The zero-order chi connectivity index (χ0) is 11.5. The van der Waals surface area contributed by atoms with Crippen molar-refractivity contribution in [1.82, 2.24) is 14.8 Å². The minimum atomic E-state index is -0.0940. The molecule has 2 aromatic rings. The van der Waals surface area contributed by atoms with Gasteiger partial charge in [-0.2, -0.15) is 5.10 Å². The van der Waals surface area contributed by atoms with Gasteiger partial charge in [0.15, 0.2) is 0 Å². The highest BCUT2D eigenvalue weighted by Gasteiger charge is 2.13. The lowest BCUT2D eigenvalue weighted by Gasteiger charge is -2.03. The van der Waals surface area contributed by atoms with Crippen molar-refractivity contribution < 1.29 is 4.79 Å². The van der Waals surface area contributed by atoms with Crippen molar-refractivity contribution >= 4 is 17.4 Å². The Morgan fingerprint density at radius 1 is 1.44 bits per heavy atom. The molecule has 0 saturated carbocycles. The van der Waals surface area contributed by atoms with Crippen LogP contribution in [-0.2, 0) is 6.54 Å². The molecule has 0 unspecified atom stereocenters. The minimum Gasteiger partial charge on any atom is -0.287 e. The van der Waals surface area contributed by atoms with Crippen LogP contribution in [0.3, 0.4) is 0 Å². The van der Waals surface area contributed by atoms with Gasteiger partial charge in [-0.15, -0.1) is 0 Å². The molecule has 16 heavy (non-hydrogen) atoms. The Balaban J connectivity index is 2.35. The van der Waals surface area contributed by atoms with Gasteiger partial charge in [-0.3, -0.25) is 9.48 Å². The topological polar surface area (TPSA) is 47.8 Å². The predicted octanol–water partition coefficient (Wildman–Crippen LogP) is 2.18. The summed E-state index contributed by atoms with van der Waals surface area (Å²) in [4.78, 5) is 15.9. The molecular weight excluding hydrogens is 226 g/mol. The molecule has 0 aliphatic rings. The number of carbonyl (C=O) groups is 1. The van der Waals surface area contributed by atoms with Crippen molar-refractivity contribution in [3.8, 4) is 0 Å². The summed E-state index contributed by atoms with van der Waals surface area (Å²) in [5, 5.41) is 4.42. The fourth-order valence-corrected chi connectivity index (χ4v) is 1.55. The first-order valence-corrected chi connectivity index (χ1v) is 5.28. The zero-order valence-electron chi connectivity index (χ0n) is 8.72. The van der Waals surface area contributed by atoms with Crippen molar-refractivity contribution in [2.24, 2.45) is 0 Å². The van der Waals surface area contributed by atoms with Gasteiger partial charge < -0.3 is 0 Å². The van der Waals surface area contributed by atoms with E-state index in [1.165, 1.54) is 6.20 Å².